The van der Waals surface area contributed by atoms with Crippen LogP contribution < -0.4 is 0 Å². The van der Waals surface area contributed by atoms with E-state index in [0.717, 1.165) is 25.0 Å². The molecule has 1 unspecified atom stereocenters. The van der Waals surface area contributed by atoms with Crippen molar-refractivity contribution in [3.05, 3.63) is 67.8 Å². The minimum Gasteiger partial charge on any atom is -0.383 e. The lowest BCUT2D eigenvalue weighted by molar-refractivity contribution is 0.226. The molecule has 1 N–H and O–H groups in total. The maximum absolute atomic E-state index is 10.5. The number of aliphatic hydroxyl groups excluding tert-OH is 1. The topological polar surface area (TPSA) is 20.2 Å². The summed E-state index contributed by atoms with van der Waals surface area (Å²) in [5, 5.41) is 13.2. The Balaban J connectivity index is 2.18. The van der Waals surface area contributed by atoms with Crippen molar-refractivity contribution in [1.29, 1.82) is 0 Å². The molecule has 0 aliphatic rings. The summed E-state index contributed by atoms with van der Waals surface area (Å²) in [5.41, 5.74) is 0.884. The van der Waals surface area contributed by atoms with Crippen LogP contribution in [0.25, 0.3) is 10.8 Å². The highest BCUT2D eigenvalue weighted by Gasteiger charge is 2.16. The number of halogens is 2. The maximum atomic E-state index is 10.5. The molecule has 1 nitrogen and oxygen atoms in total. The highest BCUT2D eigenvalue weighted by Crippen LogP contribution is 2.36. The Morgan fingerprint density at radius 2 is 1.74 bits per heavy atom. The van der Waals surface area contributed by atoms with E-state index in [1.165, 1.54) is 11.3 Å². The fourth-order valence-corrected chi connectivity index (χ4v) is 3.81. The zero-order valence-corrected chi connectivity index (χ0v) is 13.0. The third-order valence-corrected chi connectivity index (χ3v) is 5.07. The minimum absolute atomic E-state index is 0.626. The molecule has 96 valence electrons. The fraction of sp³-hybridized carbons (Fsp3) is 0.0667. The molecule has 3 rings (SSSR count). The van der Waals surface area contributed by atoms with E-state index in [2.05, 4.69) is 15.9 Å². The first-order valence-corrected chi connectivity index (χ1v) is 7.76. The highest BCUT2D eigenvalue weighted by atomic mass is 79.9. The summed E-state index contributed by atoms with van der Waals surface area (Å²) in [6.45, 7) is 0. The number of benzene rings is 2. The third kappa shape index (κ3) is 2.43. The van der Waals surface area contributed by atoms with Crippen LogP contribution in [0.5, 0.6) is 0 Å². The normalized spacial score (nSPS) is 12.8. The zero-order chi connectivity index (χ0) is 13.4. The van der Waals surface area contributed by atoms with Crippen LogP contribution in [0.4, 0.5) is 0 Å². The van der Waals surface area contributed by atoms with E-state index in [0.29, 0.717) is 5.02 Å². The van der Waals surface area contributed by atoms with Crippen molar-refractivity contribution in [1.82, 2.24) is 0 Å². The largest absolute Gasteiger partial charge is 0.383 e. The smallest absolute Gasteiger partial charge is 0.114 e. The third-order valence-electron chi connectivity index (χ3n) is 3.06. The van der Waals surface area contributed by atoms with Gasteiger partial charge < -0.3 is 5.11 Å². The molecule has 0 aliphatic carbocycles. The Kier molecular flexibility index (Phi) is 3.63. The molecule has 1 atom stereocenters. The van der Waals surface area contributed by atoms with Crippen LogP contribution in [0.3, 0.4) is 0 Å². The number of thiophene rings is 1. The van der Waals surface area contributed by atoms with Gasteiger partial charge in [0.1, 0.15) is 6.10 Å². The van der Waals surface area contributed by atoms with Crippen LogP contribution in [-0.4, -0.2) is 5.11 Å². The summed E-state index contributed by atoms with van der Waals surface area (Å²) in [6.07, 6.45) is -0.626. The maximum Gasteiger partial charge on any atom is 0.114 e. The van der Waals surface area contributed by atoms with E-state index >= 15 is 0 Å². The molecular weight excluding hydrogens is 344 g/mol. The second kappa shape index (κ2) is 5.25. The highest BCUT2D eigenvalue weighted by molar-refractivity contribution is 9.11. The van der Waals surface area contributed by atoms with Gasteiger partial charge in [-0.3, -0.25) is 0 Å². The average Bonchev–Trinajstić information content (AvgIpc) is 2.86. The number of hydrogen-bond acceptors (Lipinski definition) is 2. The first-order chi connectivity index (χ1) is 9.16. The number of rotatable bonds is 2. The van der Waals surface area contributed by atoms with Crippen molar-refractivity contribution in [2.75, 3.05) is 0 Å². The van der Waals surface area contributed by atoms with Crippen LogP contribution in [0.1, 0.15) is 16.5 Å². The standard InChI is InChI=1S/C15H10BrClOS/c16-14-8-7-13(19-14)15(18)11-5-6-12(17)10-4-2-1-3-9(10)11/h1-8,15,18H. The number of hydrogen-bond donors (Lipinski definition) is 1. The molecule has 0 amide bonds. The van der Waals surface area contributed by atoms with E-state index in [1.54, 1.807) is 0 Å². The fourth-order valence-electron chi connectivity index (χ4n) is 2.15. The molecule has 1 heterocycles. The van der Waals surface area contributed by atoms with Gasteiger partial charge in [-0.2, -0.15) is 0 Å². The molecule has 0 spiro atoms. The van der Waals surface area contributed by atoms with Gasteiger partial charge in [-0.1, -0.05) is 41.9 Å². The molecule has 0 fully saturated rings. The van der Waals surface area contributed by atoms with Crippen LogP contribution >= 0.6 is 38.9 Å². The Bertz CT molecular complexity index is 738. The molecule has 4 heteroatoms. The van der Waals surface area contributed by atoms with E-state index in [4.69, 9.17) is 11.6 Å². The van der Waals surface area contributed by atoms with Gasteiger partial charge in [0, 0.05) is 15.3 Å². The Hall–Kier alpha value is -0.870. The Labute approximate surface area is 128 Å². The van der Waals surface area contributed by atoms with Gasteiger partial charge in [-0.05, 0) is 45.1 Å². The molecule has 1 aromatic heterocycles. The zero-order valence-electron chi connectivity index (χ0n) is 9.81. The van der Waals surface area contributed by atoms with E-state index in [-0.39, 0.29) is 0 Å². The molecule has 0 saturated carbocycles. The predicted molar refractivity (Wildman–Crippen MR) is 85.0 cm³/mol. The predicted octanol–water partition coefficient (Wildman–Crippen LogP) is 5.40. The summed E-state index contributed by atoms with van der Waals surface area (Å²) < 4.78 is 1.01. The van der Waals surface area contributed by atoms with Crippen LogP contribution in [0.15, 0.2) is 52.3 Å². The summed E-state index contributed by atoms with van der Waals surface area (Å²) in [7, 11) is 0. The Morgan fingerprint density at radius 3 is 2.42 bits per heavy atom. The summed E-state index contributed by atoms with van der Waals surface area (Å²) in [4.78, 5) is 0.916. The lowest BCUT2D eigenvalue weighted by atomic mass is 9.99. The van der Waals surface area contributed by atoms with Crippen molar-refractivity contribution in [3.63, 3.8) is 0 Å². The number of aliphatic hydroxyl groups is 1. The van der Waals surface area contributed by atoms with Crippen LogP contribution in [0, 0.1) is 0 Å². The van der Waals surface area contributed by atoms with Crippen LogP contribution in [-0.2, 0) is 0 Å². The molecule has 2 aromatic carbocycles. The molecule has 0 saturated heterocycles. The monoisotopic (exact) mass is 352 g/mol. The second-order valence-corrected chi connectivity index (χ2v) is 7.13. The lowest BCUT2D eigenvalue weighted by Crippen LogP contribution is -1.98. The van der Waals surface area contributed by atoms with E-state index < -0.39 is 6.10 Å². The van der Waals surface area contributed by atoms with Crippen molar-refractivity contribution in [3.8, 4) is 0 Å². The summed E-state index contributed by atoms with van der Waals surface area (Å²) in [6, 6.07) is 15.5. The first-order valence-electron chi connectivity index (χ1n) is 5.77. The Morgan fingerprint density at radius 1 is 1.00 bits per heavy atom. The second-order valence-electron chi connectivity index (χ2n) is 4.23. The van der Waals surface area contributed by atoms with Gasteiger partial charge >= 0.3 is 0 Å². The average molecular weight is 354 g/mol. The van der Waals surface area contributed by atoms with Gasteiger partial charge in [0.25, 0.3) is 0 Å². The van der Waals surface area contributed by atoms with Gasteiger partial charge in [0.15, 0.2) is 0 Å². The van der Waals surface area contributed by atoms with Crippen molar-refractivity contribution in [2.24, 2.45) is 0 Å². The van der Waals surface area contributed by atoms with Crippen molar-refractivity contribution >= 4 is 49.6 Å². The summed E-state index contributed by atoms with van der Waals surface area (Å²) in [5.74, 6) is 0. The molecule has 19 heavy (non-hydrogen) atoms. The van der Waals surface area contributed by atoms with Crippen molar-refractivity contribution < 1.29 is 5.11 Å². The van der Waals surface area contributed by atoms with E-state index in [9.17, 15) is 5.11 Å². The molecule has 0 bridgehead atoms. The lowest BCUT2D eigenvalue weighted by Gasteiger charge is -2.13. The minimum atomic E-state index is -0.626. The summed E-state index contributed by atoms with van der Waals surface area (Å²) >= 11 is 11.2. The molecular formula is C15H10BrClOS. The first kappa shape index (κ1) is 13.1. The quantitative estimate of drug-likeness (QED) is 0.654. The number of fused-ring (bicyclic) bond motifs is 1. The van der Waals surface area contributed by atoms with E-state index in [1.807, 2.05) is 48.5 Å². The molecule has 0 radical (unpaired) electrons. The van der Waals surface area contributed by atoms with Crippen LogP contribution in [0.2, 0.25) is 5.02 Å². The van der Waals surface area contributed by atoms with Gasteiger partial charge in [-0.15, -0.1) is 11.3 Å². The SMILES string of the molecule is OC(c1ccc(Br)s1)c1ccc(Cl)c2ccccc12. The van der Waals surface area contributed by atoms with Crippen molar-refractivity contribution in [2.45, 2.75) is 6.10 Å². The van der Waals surface area contributed by atoms with Gasteiger partial charge in [0.05, 0.1) is 3.79 Å². The van der Waals surface area contributed by atoms with Gasteiger partial charge in [-0.25, -0.2) is 0 Å². The molecule has 3 aromatic rings. The van der Waals surface area contributed by atoms with Gasteiger partial charge in [0.2, 0.25) is 0 Å². The molecule has 0 aliphatic heterocycles.